The second-order valence-electron chi connectivity index (χ2n) is 6.68. The second kappa shape index (κ2) is 8.21. The van der Waals surface area contributed by atoms with Crippen LogP contribution in [0.4, 0.5) is 13.2 Å². The van der Waals surface area contributed by atoms with E-state index in [9.17, 15) is 27.6 Å². The number of nitrogens with one attached hydrogen (secondary N) is 2. The Bertz CT molecular complexity index is 557. The average Bonchev–Trinajstić information content (AvgIpc) is 2.92. The van der Waals surface area contributed by atoms with Gasteiger partial charge in [-0.15, -0.1) is 0 Å². The Labute approximate surface area is 149 Å². The highest BCUT2D eigenvalue weighted by Gasteiger charge is 2.45. The number of nitrogens with two attached hydrogens (primary N) is 1. The molecule has 3 amide bonds. The summed E-state index contributed by atoms with van der Waals surface area (Å²) in [5, 5.41) is 5.09. The molecule has 2 rings (SSSR count). The highest BCUT2D eigenvalue weighted by Crippen LogP contribution is 2.29. The van der Waals surface area contributed by atoms with Gasteiger partial charge in [-0.1, -0.05) is 0 Å². The van der Waals surface area contributed by atoms with E-state index in [1.165, 1.54) is 11.9 Å². The van der Waals surface area contributed by atoms with Gasteiger partial charge >= 0.3 is 6.18 Å². The summed E-state index contributed by atoms with van der Waals surface area (Å²) in [5.41, 5.74) is 5.37. The third kappa shape index (κ3) is 5.07. The third-order valence-corrected chi connectivity index (χ3v) is 4.68. The lowest BCUT2D eigenvalue weighted by Crippen LogP contribution is -2.61. The first-order chi connectivity index (χ1) is 12.1. The van der Waals surface area contributed by atoms with E-state index in [-0.39, 0.29) is 25.7 Å². The first-order valence-corrected chi connectivity index (χ1v) is 8.47. The maximum Gasteiger partial charge on any atom is 0.401 e. The molecule has 2 aliphatic heterocycles. The average molecular weight is 379 g/mol. The van der Waals surface area contributed by atoms with Crippen LogP contribution >= 0.6 is 0 Å². The molecule has 0 saturated carbocycles. The van der Waals surface area contributed by atoms with Gasteiger partial charge in [0.1, 0.15) is 12.1 Å². The van der Waals surface area contributed by atoms with Crippen molar-refractivity contribution in [3.05, 3.63) is 0 Å². The molecule has 3 atom stereocenters. The fourth-order valence-corrected chi connectivity index (χ4v) is 3.63. The molecule has 2 fully saturated rings. The molecule has 0 aliphatic carbocycles. The van der Waals surface area contributed by atoms with E-state index in [2.05, 4.69) is 10.6 Å². The number of alkyl halides is 3. The van der Waals surface area contributed by atoms with Crippen LogP contribution in [0.2, 0.25) is 0 Å². The van der Waals surface area contributed by atoms with Crippen LogP contribution in [-0.4, -0.2) is 85.0 Å². The highest BCUT2D eigenvalue weighted by molar-refractivity contribution is 5.92. The predicted octanol–water partition coefficient (Wildman–Crippen LogP) is -1.20. The molecule has 0 bridgehead atoms. The van der Waals surface area contributed by atoms with Crippen LogP contribution in [0.1, 0.15) is 19.3 Å². The molecule has 0 aromatic heterocycles. The molecule has 0 aromatic carbocycles. The largest absolute Gasteiger partial charge is 0.401 e. The van der Waals surface area contributed by atoms with Crippen molar-refractivity contribution >= 4 is 17.7 Å². The van der Waals surface area contributed by atoms with Crippen molar-refractivity contribution in [2.75, 3.05) is 33.2 Å². The first kappa shape index (κ1) is 20.4. The molecular formula is C15H24F3N5O3. The Morgan fingerprint density at radius 2 is 1.96 bits per heavy atom. The highest BCUT2D eigenvalue weighted by atomic mass is 19.4. The smallest absolute Gasteiger partial charge is 0.368 e. The van der Waals surface area contributed by atoms with E-state index in [1.807, 2.05) is 0 Å². The minimum Gasteiger partial charge on any atom is -0.368 e. The lowest BCUT2D eigenvalue weighted by molar-refractivity contribution is -0.155. The van der Waals surface area contributed by atoms with Gasteiger partial charge in [0.05, 0.1) is 13.1 Å². The summed E-state index contributed by atoms with van der Waals surface area (Å²) < 4.78 is 38.5. The molecule has 4 N–H and O–H groups in total. The standard InChI is InChI=1S/C15H24F3N5O3/c1-20-6-12(24)21-10-7-22(8-15(16,17)18)5-4-9-2-3-11(13(19)25)23(9)14(10)26/h9-11,20H,2-8H2,1H3,(H2,19,25)(H,21,24). The van der Waals surface area contributed by atoms with Gasteiger partial charge in [0.15, 0.2) is 0 Å². The zero-order valence-electron chi connectivity index (χ0n) is 14.5. The van der Waals surface area contributed by atoms with Gasteiger partial charge in [0.25, 0.3) is 0 Å². The minimum absolute atomic E-state index is 0.0777. The number of nitrogens with zero attached hydrogens (tertiary/aromatic N) is 2. The van der Waals surface area contributed by atoms with Crippen LogP contribution in [0.3, 0.4) is 0 Å². The first-order valence-electron chi connectivity index (χ1n) is 8.47. The topological polar surface area (TPSA) is 108 Å². The number of carbonyl (C=O) groups is 3. The molecule has 2 heterocycles. The van der Waals surface area contributed by atoms with Crippen LogP contribution in [0.5, 0.6) is 0 Å². The lowest BCUT2D eigenvalue weighted by atomic mass is 10.1. The second-order valence-corrected chi connectivity index (χ2v) is 6.68. The van der Waals surface area contributed by atoms with E-state index in [4.69, 9.17) is 5.73 Å². The fourth-order valence-electron chi connectivity index (χ4n) is 3.63. The minimum atomic E-state index is -4.41. The van der Waals surface area contributed by atoms with Gasteiger partial charge in [0.2, 0.25) is 17.7 Å². The monoisotopic (exact) mass is 379 g/mol. The van der Waals surface area contributed by atoms with Gasteiger partial charge in [-0.3, -0.25) is 19.3 Å². The molecule has 148 valence electrons. The van der Waals surface area contributed by atoms with Crippen LogP contribution in [0, 0.1) is 0 Å². The van der Waals surface area contributed by atoms with Gasteiger partial charge in [-0.05, 0) is 26.3 Å². The van der Waals surface area contributed by atoms with Crippen LogP contribution in [-0.2, 0) is 14.4 Å². The number of fused-ring (bicyclic) bond motifs is 1. The number of rotatable bonds is 5. The summed E-state index contributed by atoms with van der Waals surface area (Å²) in [6, 6.07) is -2.31. The molecule has 2 saturated heterocycles. The molecule has 3 unspecified atom stereocenters. The molecule has 8 nitrogen and oxygen atoms in total. The van der Waals surface area contributed by atoms with E-state index >= 15 is 0 Å². The number of amides is 3. The number of halogens is 3. The maximum absolute atomic E-state index is 12.9. The number of carbonyl (C=O) groups excluding carboxylic acids is 3. The Kier molecular flexibility index (Phi) is 6.45. The van der Waals surface area contributed by atoms with Crippen molar-refractivity contribution in [2.24, 2.45) is 5.73 Å². The molecule has 0 radical (unpaired) electrons. The van der Waals surface area contributed by atoms with Crippen molar-refractivity contribution in [1.29, 1.82) is 0 Å². The van der Waals surface area contributed by atoms with Gasteiger partial charge in [-0.25, -0.2) is 0 Å². The summed E-state index contributed by atoms with van der Waals surface area (Å²) in [7, 11) is 1.54. The van der Waals surface area contributed by atoms with Crippen LogP contribution < -0.4 is 16.4 Å². The Morgan fingerprint density at radius 3 is 2.54 bits per heavy atom. The van der Waals surface area contributed by atoms with Gasteiger partial charge in [-0.2, -0.15) is 13.2 Å². The normalized spacial score (nSPS) is 27.6. The summed E-state index contributed by atoms with van der Waals surface area (Å²) in [4.78, 5) is 38.9. The summed E-state index contributed by atoms with van der Waals surface area (Å²) >= 11 is 0. The number of likely N-dealkylation sites (N-methyl/N-ethyl adjacent to an activating group) is 1. The van der Waals surface area contributed by atoms with Crippen molar-refractivity contribution in [2.45, 2.75) is 43.6 Å². The third-order valence-electron chi connectivity index (χ3n) is 4.68. The summed E-state index contributed by atoms with van der Waals surface area (Å²) in [6.45, 7) is -1.41. The quantitative estimate of drug-likeness (QED) is 0.556. The molecule has 0 spiro atoms. The van der Waals surface area contributed by atoms with Crippen LogP contribution in [0.25, 0.3) is 0 Å². The number of hydrogen-bond acceptors (Lipinski definition) is 5. The zero-order chi connectivity index (χ0) is 19.5. The molecular weight excluding hydrogens is 355 g/mol. The van der Waals surface area contributed by atoms with E-state index in [0.717, 1.165) is 4.90 Å². The summed E-state index contributed by atoms with van der Waals surface area (Å²) in [5.74, 6) is -1.72. The van der Waals surface area contributed by atoms with Crippen molar-refractivity contribution in [3.8, 4) is 0 Å². The van der Waals surface area contributed by atoms with Crippen molar-refractivity contribution in [1.82, 2.24) is 20.4 Å². The molecule has 0 aromatic rings. The predicted molar refractivity (Wildman–Crippen MR) is 85.8 cm³/mol. The van der Waals surface area contributed by atoms with Gasteiger partial charge < -0.3 is 21.3 Å². The number of primary amides is 1. The molecule has 2 aliphatic rings. The zero-order valence-corrected chi connectivity index (χ0v) is 14.5. The maximum atomic E-state index is 12.9. The Balaban J connectivity index is 2.24. The van der Waals surface area contributed by atoms with E-state index in [1.54, 1.807) is 0 Å². The molecule has 11 heteroatoms. The van der Waals surface area contributed by atoms with Crippen molar-refractivity contribution < 1.29 is 27.6 Å². The van der Waals surface area contributed by atoms with E-state index in [0.29, 0.717) is 19.3 Å². The number of hydrogen-bond donors (Lipinski definition) is 3. The SMILES string of the molecule is CNCC(=O)NC1CN(CC(F)(F)F)CCC2CCC(C(N)=O)N2C1=O. The van der Waals surface area contributed by atoms with Crippen LogP contribution in [0.15, 0.2) is 0 Å². The van der Waals surface area contributed by atoms with Crippen molar-refractivity contribution in [3.63, 3.8) is 0 Å². The summed E-state index contributed by atoms with van der Waals surface area (Å²) in [6.07, 6.45) is -3.21. The molecule has 26 heavy (non-hydrogen) atoms. The van der Waals surface area contributed by atoms with E-state index < -0.39 is 42.5 Å². The fraction of sp³-hybridized carbons (Fsp3) is 0.800. The van der Waals surface area contributed by atoms with Gasteiger partial charge in [0, 0.05) is 19.1 Å². The Morgan fingerprint density at radius 1 is 1.27 bits per heavy atom. The Hall–Kier alpha value is -1.88. The lowest BCUT2D eigenvalue weighted by Gasteiger charge is -2.38.